The average Bonchev–Trinajstić information content (AvgIpc) is 2.24. The van der Waals surface area contributed by atoms with Crippen molar-refractivity contribution in [3.05, 3.63) is 39.3 Å². The zero-order chi connectivity index (χ0) is 11.7. The molecule has 2 aromatic rings. The Morgan fingerprint density at radius 1 is 1.50 bits per heavy atom. The molecule has 2 rings (SSSR count). The SMILES string of the molecule is NC(=O)Cn1c(=O)[nH]c2ccncc2c1=O. The summed E-state index contributed by atoms with van der Waals surface area (Å²) in [5.41, 5.74) is 4.08. The molecule has 7 heteroatoms. The summed E-state index contributed by atoms with van der Waals surface area (Å²) in [4.78, 5) is 40.2. The highest BCUT2D eigenvalue weighted by Gasteiger charge is 2.08. The van der Waals surface area contributed by atoms with Crippen LogP contribution in [-0.4, -0.2) is 20.4 Å². The number of hydrogen-bond acceptors (Lipinski definition) is 4. The van der Waals surface area contributed by atoms with Crippen molar-refractivity contribution >= 4 is 16.8 Å². The first-order valence-electron chi connectivity index (χ1n) is 4.45. The van der Waals surface area contributed by atoms with Crippen LogP contribution >= 0.6 is 0 Å². The monoisotopic (exact) mass is 220 g/mol. The molecular weight excluding hydrogens is 212 g/mol. The molecule has 0 saturated carbocycles. The highest BCUT2D eigenvalue weighted by molar-refractivity contribution is 5.77. The Hall–Kier alpha value is -2.44. The van der Waals surface area contributed by atoms with E-state index in [0.717, 1.165) is 4.57 Å². The third-order valence-corrected chi connectivity index (χ3v) is 2.10. The van der Waals surface area contributed by atoms with Crippen molar-refractivity contribution in [3.63, 3.8) is 0 Å². The van der Waals surface area contributed by atoms with E-state index in [9.17, 15) is 14.4 Å². The standard InChI is InChI=1S/C9H8N4O3/c10-7(14)4-13-8(15)5-3-11-2-1-6(5)12-9(13)16/h1-3H,4H2,(H2,10,14)(H,12,16). The van der Waals surface area contributed by atoms with Gasteiger partial charge in [-0.05, 0) is 6.07 Å². The van der Waals surface area contributed by atoms with Crippen molar-refractivity contribution in [2.24, 2.45) is 5.73 Å². The maximum absolute atomic E-state index is 11.8. The molecule has 0 unspecified atom stereocenters. The van der Waals surface area contributed by atoms with E-state index in [0.29, 0.717) is 5.52 Å². The summed E-state index contributed by atoms with van der Waals surface area (Å²) in [5, 5.41) is 0.239. The number of H-pyrrole nitrogens is 1. The Morgan fingerprint density at radius 3 is 2.94 bits per heavy atom. The molecule has 2 aromatic heterocycles. The number of primary amides is 1. The molecule has 0 bridgehead atoms. The first-order chi connectivity index (χ1) is 7.59. The number of fused-ring (bicyclic) bond motifs is 1. The van der Waals surface area contributed by atoms with Crippen LogP contribution in [0.5, 0.6) is 0 Å². The fourth-order valence-electron chi connectivity index (χ4n) is 1.39. The molecule has 0 spiro atoms. The van der Waals surface area contributed by atoms with E-state index in [4.69, 9.17) is 5.73 Å². The number of nitrogens with one attached hydrogen (secondary N) is 1. The summed E-state index contributed by atoms with van der Waals surface area (Å²) < 4.78 is 0.742. The van der Waals surface area contributed by atoms with Gasteiger partial charge in [0.25, 0.3) is 5.56 Å². The Balaban J connectivity index is 2.81. The molecule has 0 radical (unpaired) electrons. The predicted molar refractivity (Wildman–Crippen MR) is 55.8 cm³/mol. The second kappa shape index (κ2) is 3.61. The number of nitrogens with zero attached hydrogens (tertiary/aromatic N) is 2. The summed E-state index contributed by atoms with van der Waals surface area (Å²) in [6.07, 6.45) is 2.78. The number of aromatic nitrogens is 3. The molecule has 1 amide bonds. The van der Waals surface area contributed by atoms with Gasteiger partial charge in [0.15, 0.2) is 0 Å². The molecule has 3 N–H and O–H groups in total. The molecule has 0 fully saturated rings. The van der Waals surface area contributed by atoms with Crippen LogP contribution in [0.1, 0.15) is 0 Å². The van der Waals surface area contributed by atoms with Gasteiger partial charge in [-0.2, -0.15) is 0 Å². The van der Waals surface area contributed by atoms with Crippen molar-refractivity contribution in [2.75, 3.05) is 0 Å². The van der Waals surface area contributed by atoms with E-state index in [1.165, 1.54) is 18.5 Å². The predicted octanol–water partition coefficient (Wildman–Crippen LogP) is -1.43. The van der Waals surface area contributed by atoms with Gasteiger partial charge in [-0.1, -0.05) is 0 Å². The molecular formula is C9H8N4O3. The number of hydrogen-bond donors (Lipinski definition) is 2. The highest BCUT2D eigenvalue weighted by Crippen LogP contribution is 2.00. The van der Waals surface area contributed by atoms with Gasteiger partial charge in [-0.25, -0.2) is 4.79 Å². The normalized spacial score (nSPS) is 10.5. The minimum absolute atomic E-state index is 0.239. The lowest BCUT2D eigenvalue weighted by molar-refractivity contribution is -0.118. The van der Waals surface area contributed by atoms with Crippen molar-refractivity contribution in [3.8, 4) is 0 Å². The first-order valence-corrected chi connectivity index (χ1v) is 4.45. The topological polar surface area (TPSA) is 111 Å². The third kappa shape index (κ3) is 1.58. The zero-order valence-corrected chi connectivity index (χ0v) is 8.14. The lowest BCUT2D eigenvalue weighted by Crippen LogP contribution is -2.39. The summed E-state index contributed by atoms with van der Waals surface area (Å²) in [6.45, 7) is -0.445. The van der Waals surface area contributed by atoms with Crippen LogP contribution in [0.2, 0.25) is 0 Å². The van der Waals surface area contributed by atoms with E-state index >= 15 is 0 Å². The van der Waals surface area contributed by atoms with Crippen molar-refractivity contribution in [1.82, 2.24) is 14.5 Å². The van der Waals surface area contributed by atoms with Crippen LogP contribution in [-0.2, 0) is 11.3 Å². The minimum Gasteiger partial charge on any atom is -0.368 e. The number of carbonyl (C=O) groups is 1. The molecule has 0 aliphatic rings. The fourth-order valence-corrected chi connectivity index (χ4v) is 1.39. The van der Waals surface area contributed by atoms with Crippen LogP contribution in [0.25, 0.3) is 10.9 Å². The van der Waals surface area contributed by atoms with Gasteiger partial charge in [-0.15, -0.1) is 0 Å². The van der Waals surface area contributed by atoms with Crippen LogP contribution < -0.4 is 17.0 Å². The van der Waals surface area contributed by atoms with Crippen LogP contribution in [0, 0.1) is 0 Å². The summed E-state index contributed by atoms with van der Waals surface area (Å²) in [7, 11) is 0. The molecule has 2 heterocycles. The fraction of sp³-hybridized carbons (Fsp3) is 0.111. The molecule has 16 heavy (non-hydrogen) atoms. The average molecular weight is 220 g/mol. The van der Waals surface area contributed by atoms with E-state index in [1.54, 1.807) is 0 Å². The molecule has 0 aromatic carbocycles. The second-order valence-electron chi connectivity index (χ2n) is 3.21. The smallest absolute Gasteiger partial charge is 0.329 e. The quantitative estimate of drug-likeness (QED) is 0.646. The van der Waals surface area contributed by atoms with Crippen molar-refractivity contribution < 1.29 is 4.79 Å². The molecule has 0 saturated heterocycles. The van der Waals surface area contributed by atoms with Crippen LogP contribution in [0.15, 0.2) is 28.0 Å². The van der Waals surface area contributed by atoms with Gasteiger partial charge in [0, 0.05) is 12.4 Å². The maximum atomic E-state index is 11.8. The van der Waals surface area contributed by atoms with Gasteiger partial charge < -0.3 is 10.7 Å². The Kier molecular flexibility index (Phi) is 2.28. The van der Waals surface area contributed by atoms with Gasteiger partial charge in [0.1, 0.15) is 6.54 Å². The largest absolute Gasteiger partial charge is 0.368 e. The van der Waals surface area contributed by atoms with Crippen molar-refractivity contribution in [2.45, 2.75) is 6.54 Å². The number of amides is 1. The van der Waals surface area contributed by atoms with E-state index in [2.05, 4.69) is 9.97 Å². The summed E-state index contributed by atoms with van der Waals surface area (Å²) in [6, 6.07) is 1.51. The number of rotatable bonds is 2. The summed E-state index contributed by atoms with van der Waals surface area (Å²) >= 11 is 0. The third-order valence-electron chi connectivity index (χ3n) is 2.10. The van der Waals surface area contributed by atoms with Gasteiger partial charge >= 0.3 is 5.69 Å². The highest BCUT2D eigenvalue weighted by atomic mass is 16.2. The number of carbonyl (C=O) groups excluding carboxylic acids is 1. The molecule has 0 atom stereocenters. The number of pyridine rings is 1. The van der Waals surface area contributed by atoms with E-state index in [-0.39, 0.29) is 5.39 Å². The summed E-state index contributed by atoms with van der Waals surface area (Å²) in [5.74, 6) is -0.754. The van der Waals surface area contributed by atoms with E-state index in [1.807, 2.05) is 0 Å². The Morgan fingerprint density at radius 2 is 2.25 bits per heavy atom. The van der Waals surface area contributed by atoms with Crippen LogP contribution in [0.4, 0.5) is 0 Å². The lowest BCUT2D eigenvalue weighted by Gasteiger charge is -2.02. The Bertz CT molecular complexity index is 670. The van der Waals surface area contributed by atoms with Gasteiger partial charge in [0.05, 0.1) is 10.9 Å². The Labute approximate surface area is 88.5 Å². The molecule has 7 nitrogen and oxygen atoms in total. The molecule has 0 aliphatic heterocycles. The molecule has 82 valence electrons. The van der Waals surface area contributed by atoms with Crippen molar-refractivity contribution in [1.29, 1.82) is 0 Å². The second-order valence-corrected chi connectivity index (χ2v) is 3.21. The zero-order valence-electron chi connectivity index (χ0n) is 8.14. The lowest BCUT2D eigenvalue weighted by atomic mass is 10.3. The van der Waals surface area contributed by atoms with Gasteiger partial charge in [-0.3, -0.25) is 19.1 Å². The minimum atomic E-state index is -0.754. The van der Waals surface area contributed by atoms with Gasteiger partial charge in [0.2, 0.25) is 5.91 Å². The van der Waals surface area contributed by atoms with E-state index < -0.39 is 23.7 Å². The number of nitrogens with two attached hydrogens (primary N) is 1. The van der Waals surface area contributed by atoms with Crippen LogP contribution in [0.3, 0.4) is 0 Å². The molecule has 0 aliphatic carbocycles. The number of aromatic amines is 1. The maximum Gasteiger partial charge on any atom is 0.329 e. The first kappa shape index (κ1) is 10.1.